The fourth-order valence-electron chi connectivity index (χ4n) is 2.24. The first-order valence-electron chi connectivity index (χ1n) is 6.46. The lowest BCUT2D eigenvalue weighted by atomic mass is 10.0. The van der Waals surface area contributed by atoms with Crippen molar-refractivity contribution < 1.29 is 5.11 Å². The standard InChI is InChI=1S/C14H24N2O/c1-3-9-16(10-4-2)13(11-15)12-7-5-6-8-14(12)17/h5-8,13,17H,3-4,9-11,15H2,1-2H3. The number of aromatic hydroxyl groups is 1. The number of benzene rings is 1. The normalized spacial score (nSPS) is 12.9. The van der Waals surface area contributed by atoms with Gasteiger partial charge >= 0.3 is 0 Å². The zero-order chi connectivity index (χ0) is 12.7. The van der Waals surface area contributed by atoms with Gasteiger partial charge in [0.25, 0.3) is 0 Å². The third kappa shape index (κ3) is 3.72. The minimum Gasteiger partial charge on any atom is -0.508 e. The minimum atomic E-state index is 0.121. The number of phenols is 1. The van der Waals surface area contributed by atoms with Crippen molar-refractivity contribution in [3.63, 3.8) is 0 Å². The molecule has 0 radical (unpaired) electrons. The summed E-state index contributed by atoms with van der Waals surface area (Å²) in [6.07, 6.45) is 2.20. The summed E-state index contributed by atoms with van der Waals surface area (Å²) in [7, 11) is 0. The zero-order valence-electron chi connectivity index (χ0n) is 10.9. The van der Waals surface area contributed by atoms with Gasteiger partial charge in [0.15, 0.2) is 0 Å². The van der Waals surface area contributed by atoms with Gasteiger partial charge in [-0.1, -0.05) is 32.0 Å². The molecular weight excluding hydrogens is 212 g/mol. The van der Waals surface area contributed by atoms with E-state index in [0.29, 0.717) is 12.3 Å². The molecule has 1 aromatic rings. The monoisotopic (exact) mass is 236 g/mol. The summed E-state index contributed by atoms with van der Waals surface area (Å²) in [6, 6.07) is 7.61. The van der Waals surface area contributed by atoms with Crippen molar-refractivity contribution in [2.24, 2.45) is 5.73 Å². The first-order chi connectivity index (χ1) is 8.24. The predicted molar refractivity (Wildman–Crippen MR) is 72.1 cm³/mol. The molecule has 0 spiro atoms. The first kappa shape index (κ1) is 14.0. The molecule has 3 nitrogen and oxygen atoms in total. The summed E-state index contributed by atoms with van der Waals surface area (Å²) in [6.45, 7) is 6.91. The molecule has 3 heteroatoms. The van der Waals surface area contributed by atoms with Gasteiger partial charge in [0, 0.05) is 12.1 Å². The van der Waals surface area contributed by atoms with Crippen molar-refractivity contribution in [1.29, 1.82) is 0 Å². The molecule has 0 bridgehead atoms. The summed E-state index contributed by atoms with van der Waals surface area (Å²) in [4.78, 5) is 2.36. The third-order valence-corrected chi connectivity index (χ3v) is 2.98. The van der Waals surface area contributed by atoms with E-state index in [2.05, 4.69) is 18.7 Å². The minimum absolute atomic E-state index is 0.121. The van der Waals surface area contributed by atoms with Crippen LogP contribution in [0.5, 0.6) is 5.75 Å². The maximum absolute atomic E-state index is 9.92. The zero-order valence-corrected chi connectivity index (χ0v) is 10.9. The second-order valence-electron chi connectivity index (χ2n) is 4.35. The Morgan fingerprint density at radius 3 is 2.24 bits per heavy atom. The van der Waals surface area contributed by atoms with Gasteiger partial charge in [0.2, 0.25) is 0 Å². The number of nitrogens with zero attached hydrogens (tertiary/aromatic N) is 1. The van der Waals surface area contributed by atoms with Crippen LogP contribution < -0.4 is 5.73 Å². The number of phenolic OH excluding ortho intramolecular Hbond substituents is 1. The molecule has 1 aromatic carbocycles. The summed E-state index contributed by atoms with van der Waals surface area (Å²) in [5, 5.41) is 9.92. The van der Waals surface area contributed by atoms with Crippen LogP contribution in [0.15, 0.2) is 24.3 Å². The molecule has 0 aliphatic heterocycles. The van der Waals surface area contributed by atoms with Crippen molar-refractivity contribution in [2.45, 2.75) is 32.7 Å². The number of hydrogen-bond donors (Lipinski definition) is 2. The van der Waals surface area contributed by atoms with E-state index in [0.717, 1.165) is 31.5 Å². The van der Waals surface area contributed by atoms with Gasteiger partial charge in [0.05, 0.1) is 6.04 Å². The molecule has 0 aromatic heterocycles. The number of hydrogen-bond acceptors (Lipinski definition) is 3. The number of nitrogens with two attached hydrogens (primary N) is 1. The lowest BCUT2D eigenvalue weighted by Crippen LogP contribution is -2.35. The molecule has 0 aliphatic carbocycles. The van der Waals surface area contributed by atoms with Crippen LogP contribution in [0.3, 0.4) is 0 Å². The number of para-hydroxylation sites is 1. The summed E-state index contributed by atoms with van der Waals surface area (Å²) in [5.41, 5.74) is 6.82. The summed E-state index contributed by atoms with van der Waals surface area (Å²) < 4.78 is 0. The lowest BCUT2D eigenvalue weighted by molar-refractivity contribution is 0.199. The van der Waals surface area contributed by atoms with E-state index in [-0.39, 0.29) is 6.04 Å². The molecule has 1 atom stereocenters. The molecule has 3 N–H and O–H groups in total. The summed E-state index contributed by atoms with van der Waals surface area (Å²) >= 11 is 0. The van der Waals surface area contributed by atoms with E-state index in [1.807, 2.05) is 18.2 Å². The van der Waals surface area contributed by atoms with Gasteiger partial charge in [-0.25, -0.2) is 0 Å². The van der Waals surface area contributed by atoms with E-state index in [4.69, 9.17) is 5.73 Å². The van der Waals surface area contributed by atoms with Gasteiger partial charge in [0.1, 0.15) is 5.75 Å². The molecule has 0 heterocycles. The van der Waals surface area contributed by atoms with Crippen LogP contribution >= 0.6 is 0 Å². The fraction of sp³-hybridized carbons (Fsp3) is 0.571. The van der Waals surface area contributed by atoms with Crippen LogP contribution in [-0.4, -0.2) is 29.6 Å². The summed E-state index contributed by atoms with van der Waals surface area (Å²) in [5.74, 6) is 0.347. The second kappa shape index (κ2) is 7.30. The van der Waals surface area contributed by atoms with Gasteiger partial charge in [-0.05, 0) is 32.0 Å². The van der Waals surface area contributed by atoms with Crippen molar-refractivity contribution in [3.8, 4) is 5.75 Å². The van der Waals surface area contributed by atoms with E-state index in [9.17, 15) is 5.11 Å². The average molecular weight is 236 g/mol. The van der Waals surface area contributed by atoms with Crippen LogP contribution in [0.4, 0.5) is 0 Å². The quantitative estimate of drug-likeness (QED) is 0.765. The van der Waals surface area contributed by atoms with Crippen LogP contribution in [0.25, 0.3) is 0 Å². The molecule has 1 unspecified atom stereocenters. The van der Waals surface area contributed by atoms with E-state index >= 15 is 0 Å². The Bertz CT molecular complexity index is 322. The van der Waals surface area contributed by atoms with Gasteiger partial charge in [-0.15, -0.1) is 0 Å². The molecular formula is C14H24N2O. The fourth-order valence-corrected chi connectivity index (χ4v) is 2.24. The molecule has 17 heavy (non-hydrogen) atoms. The highest BCUT2D eigenvalue weighted by molar-refractivity contribution is 5.34. The van der Waals surface area contributed by atoms with E-state index in [1.165, 1.54) is 0 Å². The Balaban J connectivity index is 2.91. The van der Waals surface area contributed by atoms with Crippen LogP contribution in [0, 0.1) is 0 Å². The van der Waals surface area contributed by atoms with Crippen molar-refractivity contribution in [3.05, 3.63) is 29.8 Å². The molecule has 1 rings (SSSR count). The van der Waals surface area contributed by atoms with E-state index < -0.39 is 0 Å². The van der Waals surface area contributed by atoms with Gasteiger partial charge in [-0.2, -0.15) is 0 Å². The highest BCUT2D eigenvalue weighted by Gasteiger charge is 2.19. The Labute approximate surface area is 104 Å². The molecule has 0 fully saturated rings. The van der Waals surface area contributed by atoms with Crippen LogP contribution in [-0.2, 0) is 0 Å². The Morgan fingerprint density at radius 1 is 1.18 bits per heavy atom. The van der Waals surface area contributed by atoms with Crippen molar-refractivity contribution >= 4 is 0 Å². The number of rotatable bonds is 7. The Hall–Kier alpha value is -1.06. The Morgan fingerprint density at radius 2 is 1.76 bits per heavy atom. The molecule has 0 aliphatic rings. The SMILES string of the molecule is CCCN(CCC)C(CN)c1ccccc1O. The third-order valence-electron chi connectivity index (χ3n) is 2.98. The van der Waals surface area contributed by atoms with Gasteiger partial charge in [-0.3, -0.25) is 4.90 Å². The molecule has 0 saturated heterocycles. The largest absolute Gasteiger partial charge is 0.508 e. The first-order valence-corrected chi connectivity index (χ1v) is 6.46. The molecule has 96 valence electrons. The van der Waals surface area contributed by atoms with Crippen molar-refractivity contribution in [1.82, 2.24) is 4.90 Å². The molecule has 0 amide bonds. The van der Waals surface area contributed by atoms with Crippen LogP contribution in [0.1, 0.15) is 38.3 Å². The highest BCUT2D eigenvalue weighted by atomic mass is 16.3. The predicted octanol–water partition coefficient (Wildman–Crippen LogP) is 2.51. The smallest absolute Gasteiger partial charge is 0.120 e. The lowest BCUT2D eigenvalue weighted by Gasteiger charge is -2.31. The Kier molecular flexibility index (Phi) is 6.01. The second-order valence-corrected chi connectivity index (χ2v) is 4.35. The van der Waals surface area contributed by atoms with E-state index in [1.54, 1.807) is 6.07 Å². The molecule has 0 saturated carbocycles. The maximum atomic E-state index is 9.92. The topological polar surface area (TPSA) is 49.5 Å². The van der Waals surface area contributed by atoms with Crippen molar-refractivity contribution in [2.75, 3.05) is 19.6 Å². The van der Waals surface area contributed by atoms with Crippen LogP contribution in [0.2, 0.25) is 0 Å². The maximum Gasteiger partial charge on any atom is 0.120 e. The average Bonchev–Trinajstić information content (AvgIpc) is 2.33. The highest BCUT2D eigenvalue weighted by Crippen LogP contribution is 2.27. The van der Waals surface area contributed by atoms with Gasteiger partial charge < -0.3 is 10.8 Å².